The van der Waals surface area contributed by atoms with Gasteiger partial charge in [0.2, 0.25) is 0 Å². The number of nitrogens with zero attached hydrogens (tertiary/aromatic N) is 2. The Morgan fingerprint density at radius 3 is 2.50 bits per heavy atom. The molecule has 0 aromatic carbocycles. The third kappa shape index (κ3) is 1.84. The molecule has 1 aromatic heterocycles. The van der Waals surface area contributed by atoms with Gasteiger partial charge in [-0.05, 0) is 22.9 Å². The minimum absolute atomic E-state index is 0.0468. The fraction of sp³-hybridized carbons (Fsp3) is 0.429. The lowest BCUT2D eigenvalue weighted by molar-refractivity contribution is 0.0822. The van der Waals surface area contributed by atoms with E-state index >= 15 is 0 Å². The van der Waals surface area contributed by atoms with Crippen LogP contribution in [0.15, 0.2) is 3.92 Å². The van der Waals surface area contributed by atoms with E-state index in [0.29, 0.717) is 5.69 Å². The molecule has 0 aliphatic carbocycles. The summed E-state index contributed by atoms with van der Waals surface area (Å²) in [7, 11) is 3.43. The van der Waals surface area contributed by atoms with Gasteiger partial charge in [-0.3, -0.25) is 4.79 Å². The Labute approximate surface area is 83.5 Å². The minimum Gasteiger partial charge on any atom is -0.343 e. The van der Waals surface area contributed by atoms with Crippen LogP contribution in [-0.2, 0) is 0 Å². The monoisotopic (exact) mass is 248 g/mol. The summed E-state index contributed by atoms with van der Waals surface area (Å²) in [4.78, 5) is 18.0. The highest BCUT2D eigenvalue weighted by Crippen LogP contribution is 2.22. The topological polar surface area (TPSA) is 33.2 Å². The second kappa shape index (κ2) is 3.53. The van der Waals surface area contributed by atoms with Crippen LogP contribution in [0, 0.1) is 6.92 Å². The SMILES string of the molecule is Cc1sc(Br)nc1C(=O)N(C)C. The number of aryl methyl sites for hydroxylation is 1. The van der Waals surface area contributed by atoms with Crippen LogP contribution in [0.2, 0.25) is 0 Å². The molecule has 0 aliphatic heterocycles. The van der Waals surface area contributed by atoms with Crippen molar-refractivity contribution in [3.8, 4) is 0 Å². The van der Waals surface area contributed by atoms with Gasteiger partial charge in [-0.15, -0.1) is 11.3 Å². The highest BCUT2D eigenvalue weighted by Gasteiger charge is 2.15. The summed E-state index contributed by atoms with van der Waals surface area (Å²) in [5.41, 5.74) is 0.539. The Morgan fingerprint density at radius 1 is 1.58 bits per heavy atom. The fourth-order valence-electron chi connectivity index (χ4n) is 0.774. The summed E-state index contributed by atoms with van der Waals surface area (Å²) in [6.07, 6.45) is 0. The van der Waals surface area contributed by atoms with Gasteiger partial charge in [0.1, 0.15) is 5.69 Å². The third-order valence-electron chi connectivity index (χ3n) is 1.38. The first-order valence-corrected chi connectivity index (χ1v) is 4.98. The molecule has 0 N–H and O–H groups in total. The predicted octanol–water partition coefficient (Wildman–Crippen LogP) is 1.92. The molecule has 1 heterocycles. The van der Waals surface area contributed by atoms with E-state index in [9.17, 15) is 4.79 Å². The molecule has 0 aliphatic rings. The Kier molecular flexibility index (Phi) is 2.85. The van der Waals surface area contributed by atoms with Gasteiger partial charge >= 0.3 is 0 Å². The van der Waals surface area contributed by atoms with Crippen LogP contribution in [0.1, 0.15) is 15.4 Å². The van der Waals surface area contributed by atoms with Crippen molar-refractivity contribution in [2.24, 2.45) is 0 Å². The van der Waals surface area contributed by atoms with Crippen molar-refractivity contribution < 1.29 is 4.79 Å². The van der Waals surface area contributed by atoms with Gasteiger partial charge in [0.15, 0.2) is 3.92 Å². The minimum atomic E-state index is -0.0468. The smallest absolute Gasteiger partial charge is 0.273 e. The van der Waals surface area contributed by atoms with Crippen molar-refractivity contribution in [2.45, 2.75) is 6.92 Å². The molecule has 1 aromatic rings. The van der Waals surface area contributed by atoms with Crippen molar-refractivity contribution in [3.63, 3.8) is 0 Å². The maximum absolute atomic E-state index is 11.4. The predicted molar refractivity (Wildman–Crippen MR) is 52.6 cm³/mol. The molecule has 0 saturated carbocycles. The summed E-state index contributed by atoms with van der Waals surface area (Å²) in [6.45, 7) is 1.89. The first-order valence-electron chi connectivity index (χ1n) is 3.37. The molecule has 3 nitrogen and oxygen atoms in total. The van der Waals surface area contributed by atoms with Crippen LogP contribution < -0.4 is 0 Å². The van der Waals surface area contributed by atoms with E-state index in [-0.39, 0.29) is 5.91 Å². The molecule has 0 saturated heterocycles. The van der Waals surface area contributed by atoms with Gasteiger partial charge in [-0.2, -0.15) is 0 Å². The molecule has 0 bridgehead atoms. The lowest BCUT2D eigenvalue weighted by Gasteiger charge is -2.07. The summed E-state index contributed by atoms with van der Waals surface area (Å²) < 4.78 is 0.755. The summed E-state index contributed by atoms with van der Waals surface area (Å²) in [5, 5.41) is 0. The number of hydrogen-bond donors (Lipinski definition) is 0. The summed E-state index contributed by atoms with van der Waals surface area (Å²) >= 11 is 4.71. The second-order valence-corrected chi connectivity index (χ2v) is 5.05. The van der Waals surface area contributed by atoms with E-state index in [4.69, 9.17) is 0 Å². The molecule has 1 amide bonds. The summed E-state index contributed by atoms with van der Waals surface area (Å²) in [6, 6.07) is 0. The van der Waals surface area contributed by atoms with E-state index in [1.54, 1.807) is 14.1 Å². The van der Waals surface area contributed by atoms with Gasteiger partial charge in [0, 0.05) is 19.0 Å². The van der Waals surface area contributed by atoms with E-state index < -0.39 is 0 Å². The number of thiazole rings is 1. The maximum Gasteiger partial charge on any atom is 0.273 e. The van der Waals surface area contributed by atoms with Gasteiger partial charge in [0.05, 0.1) is 0 Å². The van der Waals surface area contributed by atoms with Crippen LogP contribution in [0.5, 0.6) is 0 Å². The number of carbonyl (C=O) groups excluding carboxylic acids is 1. The molecule has 0 radical (unpaired) electrons. The Hall–Kier alpha value is -0.420. The number of hydrogen-bond acceptors (Lipinski definition) is 3. The first-order chi connectivity index (χ1) is 5.52. The molecule has 5 heteroatoms. The Morgan fingerprint density at radius 2 is 2.17 bits per heavy atom. The van der Waals surface area contributed by atoms with E-state index in [1.807, 2.05) is 6.92 Å². The number of carbonyl (C=O) groups is 1. The van der Waals surface area contributed by atoms with Crippen LogP contribution in [-0.4, -0.2) is 29.9 Å². The van der Waals surface area contributed by atoms with Crippen molar-refractivity contribution in [3.05, 3.63) is 14.5 Å². The van der Waals surface area contributed by atoms with Crippen LogP contribution >= 0.6 is 27.3 Å². The zero-order chi connectivity index (χ0) is 9.30. The Bertz CT molecular complexity index is 308. The summed E-state index contributed by atoms with van der Waals surface area (Å²) in [5.74, 6) is -0.0468. The van der Waals surface area contributed by atoms with Gasteiger partial charge in [-0.25, -0.2) is 4.98 Å². The van der Waals surface area contributed by atoms with Crippen molar-refractivity contribution in [1.29, 1.82) is 0 Å². The van der Waals surface area contributed by atoms with E-state index in [1.165, 1.54) is 16.2 Å². The first kappa shape index (κ1) is 9.67. The van der Waals surface area contributed by atoms with E-state index in [2.05, 4.69) is 20.9 Å². The number of amides is 1. The highest BCUT2D eigenvalue weighted by atomic mass is 79.9. The van der Waals surface area contributed by atoms with Crippen molar-refractivity contribution in [1.82, 2.24) is 9.88 Å². The zero-order valence-corrected chi connectivity index (χ0v) is 9.49. The lowest BCUT2D eigenvalue weighted by Crippen LogP contribution is -2.22. The lowest BCUT2D eigenvalue weighted by atomic mass is 10.3. The van der Waals surface area contributed by atoms with Crippen LogP contribution in [0.4, 0.5) is 0 Å². The average Bonchev–Trinajstić information content (AvgIpc) is 2.28. The number of rotatable bonds is 1. The van der Waals surface area contributed by atoms with Crippen LogP contribution in [0.3, 0.4) is 0 Å². The second-order valence-electron chi connectivity index (χ2n) is 2.57. The van der Waals surface area contributed by atoms with Gasteiger partial charge in [-0.1, -0.05) is 0 Å². The molecule has 0 atom stereocenters. The molecule has 66 valence electrons. The average molecular weight is 249 g/mol. The normalized spacial score (nSPS) is 10.0. The highest BCUT2D eigenvalue weighted by molar-refractivity contribution is 9.11. The third-order valence-corrected chi connectivity index (χ3v) is 2.80. The molecule has 0 fully saturated rings. The van der Waals surface area contributed by atoms with Crippen LogP contribution in [0.25, 0.3) is 0 Å². The van der Waals surface area contributed by atoms with Crippen molar-refractivity contribution in [2.75, 3.05) is 14.1 Å². The molecule has 0 spiro atoms. The molecule has 12 heavy (non-hydrogen) atoms. The Balaban J connectivity index is 3.02. The van der Waals surface area contributed by atoms with E-state index in [0.717, 1.165) is 8.79 Å². The fourth-order valence-corrected chi connectivity index (χ4v) is 2.30. The van der Waals surface area contributed by atoms with Crippen molar-refractivity contribution >= 4 is 33.2 Å². The number of halogens is 1. The largest absolute Gasteiger partial charge is 0.343 e. The molecule has 1 rings (SSSR count). The van der Waals surface area contributed by atoms with Gasteiger partial charge < -0.3 is 4.90 Å². The van der Waals surface area contributed by atoms with Gasteiger partial charge in [0.25, 0.3) is 5.91 Å². The maximum atomic E-state index is 11.4. The molecule has 0 unspecified atom stereocenters. The standard InChI is InChI=1S/C7H9BrN2OS/c1-4-5(6(11)10(2)3)9-7(8)12-4/h1-3H3. The zero-order valence-electron chi connectivity index (χ0n) is 7.09. The molecular formula is C7H9BrN2OS. The number of aromatic nitrogens is 1. The quantitative estimate of drug-likeness (QED) is 0.761. The molecular weight excluding hydrogens is 240 g/mol.